The number of anilines is 1. The van der Waals surface area contributed by atoms with E-state index in [1.54, 1.807) is 11.3 Å². The van der Waals surface area contributed by atoms with Gasteiger partial charge in [-0.3, -0.25) is 0 Å². The molecule has 5 heteroatoms. The van der Waals surface area contributed by atoms with E-state index >= 15 is 0 Å². The lowest BCUT2D eigenvalue weighted by Crippen LogP contribution is -2.30. The number of rotatable bonds is 2. The second-order valence-electron chi connectivity index (χ2n) is 4.12. The number of fused-ring (bicyclic) bond motifs is 1. The Morgan fingerprint density at radius 3 is 2.82 bits per heavy atom. The zero-order chi connectivity index (χ0) is 11.7. The number of benzene rings is 1. The van der Waals surface area contributed by atoms with Gasteiger partial charge in [-0.2, -0.15) is 0 Å². The molecule has 0 fully saturated rings. The van der Waals surface area contributed by atoms with Gasteiger partial charge in [-0.15, -0.1) is 10.2 Å². The molecule has 0 aliphatic carbocycles. The highest BCUT2D eigenvalue weighted by molar-refractivity contribution is 7.15. The number of nitrogens with two attached hydrogens (primary N) is 1. The molecule has 0 saturated heterocycles. The lowest BCUT2D eigenvalue weighted by Gasteiger charge is -2.27. The first kappa shape index (κ1) is 10.7. The molecule has 1 aliphatic rings. The quantitative estimate of drug-likeness (QED) is 0.873. The van der Waals surface area contributed by atoms with Crippen molar-refractivity contribution in [3.8, 4) is 0 Å². The average Bonchev–Trinajstić information content (AvgIpc) is 2.87. The predicted molar refractivity (Wildman–Crippen MR) is 69.0 cm³/mol. The second kappa shape index (κ2) is 4.43. The zero-order valence-corrected chi connectivity index (χ0v) is 10.3. The summed E-state index contributed by atoms with van der Waals surface area (Å²) < 4.78 is 0. The minimum absolute atomic E-state index is 0.474. The Morgan fingerprint density at radius 1 is 1.24 bits per heavy atom. The fourth-order valence-corrected chi connectivity index (χ4v) is 2.86. The molecule has 1 aromatic heterocycles. The molecule has 0 amide bonds. The maximum absolute atomic E-state index is 5.56. The van der Waals surface area contributed by atoms with Crippen molar-refractivity contribution < 1.29 is 0 Å². The molecule has 17 heavy (non-hydrogen) atoms. The third kappa shape index (κ3) is 2.03. The molecule has 2 heterocycles. The van der Waals surface area contributed by atoms with E-state index in [1.165, 1.54) is 11.1 Å². The van der Waals surface area contributed by atoms with Gasteiger partial charge >= 0.3 is 0 Å². The summed E-state index contributed by atoms with van der Waals surface area (Å²) in [7, 11) is 0. The van der Waals surface area contributed by atoms with E-state index < -0.39 is 0 Å². The van der Waals surface area contributed by atoms with Gasteiger partial charge in [-0.05, 0) is 17.5 Å². The minimum atomic E-state index is 0.474. The highest BCUT2D eigenvalue weighted by Crippen LogP contribution is 2.26. The highest BCUT2D eigenvalue weighted by Gasteiger charge is 2.18. The summed E-state index contributed by atoms with van der Waals surface area (Å²) in [6.07, 6.45) is 1.08. The van der Waals surface area contributed by atoms with Crippen molar-refractivity contribution >= 4 is 16.5 Å². The third-order valence-electron chi connectivity index (χ3n) is 3.03. The molecule has 0 atom stereocenters. The van der Waals surface area contributed by atoms with E-state index in [9.17, 15) is 0 Å². The molecule has 3 rings (SSSR count). The molecule has 4 nitrogen and oxygen atoms in total. The molecule has 0 radical (unpaired) electrons. The summed E-state index contributed by atoms with van der Waals surface area (Å²) >= 11 is 1.59. The van der Waals surface area contributed by atoms with Crippen LogP contribution in [0.25, 0.3) is 0 Å². The molecular weight excluding hydrogens is 232 g/mol. The monoisotopic (exact) mass is 246 g/mol. The molecular formula is C12H14N4S. The number of nitrogens with zero attached hydrogens (tertiary/aromatic N) is 3. The third-order valence-corrected chi connectivity index (χ3v) is 4.04. The minimum Gasteiger partial charge on any atom is -0.342 e. The van der Waals surface area contributed by atoms with Crippen LogP contribution in [-0.2, 0) is 19.5 Å². The van der Waals surface area contributed by atoms with E-state index in [4.69, 9.17) is 5.73 Å². The van der Waals surface area contributed by atoms with Crippen LogP contribution in [0.15, 0.2) is 24.3 Å². The van der Waals surface area contributed by atoms with Gasteiger partial charge < -0.3 is 10.6 Å². The van der Waals surface area contributed by atoms with Crippen molar-refractivity contribution in [3.05, 3.63) is 40.4 Å². The van der Waals surface area contributed by atoms with Crippen molar-refractivity contribution in [2.24, 2.45) is 5.73 Å². The van der Waals surface area contributed by atoms with Crippen molar-refractivity contribution in [1.82, 2.24) is 10.2 Å². The van der Waals surface area contributed by atoms with Gasteiger partial charge in [0.2, 0.25) is 5.13 Å². The van der Waals surface area contributed by atoms with Crippen molar-refractivity contribution in [1.29, 1.82) is 0 Å². The summed E-state index contributed by atoms with van der Waals surface area (Å²) in [6.45, 7) is 2.41. The van der Waals surface area contributed by atoms with E-state index in [1.807, 2.05) is 0 Å². The molecule has 0 unspecified atom stereocenters. The highest BCUT2D eigenvalue weighted by atomic mass is 32.1. The maximum Gasteiger partial charge on any atom is 0.208 e. The standard InChI is InChI=1S/C12H14N4S/c13-7-11-14-15-12(17-11)16-6-5-9-3-1-2-4-10(9)8-16/h1-4H,5-8,13H2. The van der Waals surface area contributed by atoms with E-state index in [2.05, 4.69) is 39.4 Å². The topological polar surface area (TPSA) is 55.0 Å². The first-order valence-electron chi connectivity index (χ1n) is 5.71. The summed E-state index contributed by atoms with van der Waals surface area (Å²) in [5.74, 6) is 0. The van der Waals surface area contributed by atoms with E-state index in [-0.39, 0.29) is 0 Å². The fraction of sp³-hybridized carbons (Fsp3) is 0.333. The van der Waals surface area contributed by atoms with Crippen LogP contribution in [0, 0.1) is 0 Å². The smallest absolute Gasteiger partial charge is 0.208 e. The van der Waals surface area contributed by atoms with Crippen LogP contribution in [0.3, 0.4) is 0 Å². The van der Waals surface area contributed by atoms with Gasteiger partial charge in [0.05, 0.1) is 0 Å². The Morgan fingerprint density at radius 2 is 2.06 bits per heavy atom. The van der Waals surface area contributed by atoms with Crippen LogP contribution in [0.5, 0.6) is 0 Å². The average molecular weight is 246 g/mol. The summed E-state index contributed by atoms with van der Waals surface area (Å²) in [5, 5.41) is 10.2. The second-order valence-corrected chi connectivity index (χ2v) is 5.16. The molecule has 0 saturated carbocycles. The maximum atomic E-state index is 5.56. The van der Waals surface area contributed by atoms with Gasteiger partial charge in [0.1, 0.15) is 5.01 Å². The molecule has 0 bridgehead atoms. The lowest BCUT2D eigenvalue weighted by atomic mass is 10.0. The van der Waals surface area contributed by atoms with Crippen LogP contribution in [0.4, 0.5) is 5.13 Å². The fourth-order valence-electron chi connectivity index (χ4n) is 2.11. The van der Waals surface area contributed by atoms with Crippen molar-refractivity contribution in [2.75, 3.05) is 11.4 Å². The van der Waals surface area contributed by atoms with Crippen molar-refractivity contribution in [2.45, 2.75) is 19.5 Å². The summed E-state index contributed by atoms with van der Waals surface area (Å²) in [4.78, 5) is 2.28. The largest absolute Gasteiger partial charge is 0.342 e. The van der Waals surface area contributed by atoms with E-state index in [0.29, 0.717) is 6.54 Å². The first-order chi connectivity index (χ1) is 8.36. The Labute approximate surface area is 104 Å². The Balaban J connectivity index is 1.84. The van der Waals surface area contributed by atoms with Gasteiger partial charge in [0.25, 0.3) is 0 Å². The van der Waals surface area contributed by atoms with Crippen LogP contribution < -0.4 is 10.6 Å². The normalized spacial score (nSPS) is 14.8. The Hall–Kier alpha value is -1.46. The molecule has 88 valence electrons. The number of aromatic nitrogens is 2. The van der Waals surface area contributed by atoms with Crippen LogP contribution in [0.1, 0.15) is 16.1 Å². The molecule has 1 aliphatic heterocycles. The molecule has 0 spiro atoms. The molecule has 2 N–H and O–H groups in total. The van der Waals surface area contributed by atoms with Gasteiger partial charge in [0.15, 0.2) is 0 Å². The number of hydrogen-bond donors (Lipinski definition) is 1. The van der Waals surface area contributed by atoms with Crippen molar-refractivity contribution in [3.63, 3.8) is 0 Å². The van der Waals surface area contributed by atoms with Crippen LogP contribution in [0.2, 0.25) is 0 Å². The Bertz CT molecular complexity index is 523. The first-order valence-corrected chi connectivity index (χ1v) is 6.52. The van der Waals surface area contributed by atoms with E-state index in [0.717, 1.165) is 29.6 Å². The molecule has 2 aromatic rings. The van der Waals surface area contributed by atoms with Gasteiger partial charge in [-0.1, -0.05) is 35.6 Å². The Kier molecular flexibility index (Phi) is 2.78. The van der Waals surface area contributed by atoms with Crippen LogP contribution >= 0.6 is 11.3 Å². The predicted octanol–water partition coefficient (Wildman–Crippen LogP) is 1.56. The summed E-state index contributed by atoms with van der Waals surface area (Å²) in [5.41, 5.74) is 8.40. The van der Waals surface area contributed by atoms with Gasteiger partial charge in [0, 0.05) is 19.6 Å². The SMILES string of the molecule is NCc1nnc(N2CCc3ccccc3C2)s1. The number of hydrogen-bond acceptors (Lipinski definition) is 5. The summed E-state index contributed by atoms with van der Waals surface area (Å²) in [6, 6.07) is 8.59. The van der Waals surface area contributed by atoms with Gasteiger partial charge in [-0.25, -0.2) is 0 Å². The zero-order valence-electron chi connectivity index (χ0n) is 9.47. The lowest BCUT2D eigenvalue weighted by molar-refractivity contribution is 0.723. The molecule has 1 aromatic carbocycles. The van der Waals surface area contributed by atoms with Crippen LogP contribution in [-0.4, -0.2) is 16.7 Å².